The zero-order valence-electron chi connectivity index (χ0n) is 9.56. The maximum atomic E-state index is 11.7. The third-order valence-electron chi connectivity index (χ3n) is 2.90. The van der Waals surface area contributed by atoms with Crippen molar-refractivity contribution in [2.24, 2.45) is 5.73 Å². The van der Waals surface area contributed by atoms with Gasteiger partial charge in [-0.1, -0.05) is 0 Å². The summed E-state index contributed by atoms with van der Waals surface area (Å²) >= 11 is 1.37. The summed E-state index contributed by atoms with van der Waals surface area (Å²) in [7, 11) is 0. The van der Waals surface area contributed by atoms with Gasteiger partial charge in [-0.05, 0) is 26.2 Å². The fourth-order valence-corrected chi connectivity index (χ4v) is 2.38. The first kappa shape index (κ1) is 16.6. The number of aryl methyl sites for hydroxylation is 1. The molecule has 1 saturated carbocycles. The minimum Gasteiger partial charge on any atom is -0.349 e. The molecule has 2 rings (SSSR count). The molecule has 0 aliphatic heterocycles. The van der Waals surface area contributed by atoms with Crippen LogP contribution in [0.25, 0.3) is 0 Å². The molecule has 0 unspecified atom stereocenters. The van der Waals surface area contributed by atoms with Gasteiger partial charge in [-0.15, -0.1) is 36.2 Å². The van der Waals surface area contributed by atoms with E-state index in [-0.39, 0.29) is 36.3 Å². The second-order valence-electron chi connectivity index (χ2n) is 4.17. The monoisotopic (exact) mass is 297 g/mol. The second-order valence-corrected chi connectivity index (χ2v) is 5.02. The largest absolute Gasteiger partial charge is 0.349 e. The predicted molar refractivity (Wildman–Crippen MR) is 74.4 cm³/mol. The Morgan fingerprint density at radius 3 is 2.65 bits per heavy atom. The van der Waals surface area contributed by atoms with Gasteiger partial charge in [0.05, 0.1) is 11.2 Å². The van der Waals surface area contributed by atoms with Crippen LogP contribution in [0.2, 0.25) is 0 Å². The van der Waals surface area contributed by atoms with E-state index in [9.17, 15) is 4.79 Å². The molecule has 3 N–H and O–H groups in total. The third kappa shape index (κ3) is 3.81. The summed E-state index contributed by atoms with van der Waals surface area (Å²) in [5.74, 6) is -0.0493. The number of hydrogen-bond acceptors (Lipinski definition) is 4. The minimum atomic E-state index is -0.158. The quantitative estimate of drug-likeness (QED) is 0.895. The number of aromatic nitrogens is 1. The first-order chi connectivity index (χ1) is 7.11. The summed E-state index contributed by atoms with van der Waals surface area (Å²) in [6, 6.07) is 0. The lowest BCUT2D eigenvalue weighted by Crippen LogP contribution is -2.54. The van der Waals surface area contributed by atoms with Gasteiger partial charge < -0.3 is 11.1 Å². The SMILES string of the molecule is Cc1ncsc1C(=O)NCC1(N)CCC1.Cl.Cl. The molecule has 1 fully saturated rings. The van der Waals surface area contributed by atoms with Crippen molar-refractivity contribution in [1.29, 1.82) is 0 Å². The van der Waals surface area contributed by atoms with Gasteiger partial charge in [0.2, 0.25) is 0 Å². The molecule has 0 bridgehead atoms. The van der Waals surface area contributed by atoms with E-state index in [0.29, 0.717) is 11.4 Å². The molecule has 1 aromatic rings. The maximum absolute atomic E-state index is 11.7. The highest BCUT2D eigenvalue weighted by Crippen LogP contribution is 2.28. The predicted octanol–water partition coefficient (Wildman–Crippen LogP) is 1.91. The molecule has 0 atom stereocenters. The average Bonchev–Trinajstić information content (AvgIpc) is 2.58. The number of rotatable bonds is 3. The Bertz CT molecular complexity index is 379. The minimum absolute atomic E-state index is 0. The molecule has 1 aromatic heterocycles. The highest BCUT2D eigenvalue weighted by molar-refractivity contribution is 7.11. The van der Waals surface area contributed by atoms with Crippen molar-refractivity contribution >= 4 is 42.1 Å². The molecular formula is C10H17Cl2N3OS. The first-order valence-corrected chi connectivity index (χ1v) is 5.96. The van der Waals surface area contributed by atoms with Crippen molar-refractivity contribution in [1.82, 2.24) is 10.3 Å². The number of thiazole rings is 1. The summed E-state index contributed by atoms with van der Waals surface area (Å²) < 4.78 is 0. The summed E-state index contributed by atoms with van der Waals surface area (Å²) in [6.07, 6.45) is 3.19. The smallest absolute Gasteiger partial charge is 0.263 e. The molecule has 1 aliphatic carbocycles. The fraction of sp³-hybridized carbons (Fsp3) is 0.600. The molecule has 0 radical (unpaired) electrons. The summed E-state index contributed by atoms with van der Waals surface area (Å²) in [6.45, 7) is 2.41. The number of halogens is 2. The Balaban J connectivity index is 0.00000128. The van der Waals surface area contributed by atoms with Crippen molar-refractivity contribution in [2.75, 3.05) is 6.54 Å². The summed E-state index contributed by atoms with van der Waals surface area (Å²) in [5, 5.41) is 2.87. The van der Waals surface area contributed by atoms with Crippen LogP contribution in [0.5, 0.6) is 0 Å². The zero-order chi connectivity index (χ0) is 10.9. The number of nitrogens with zero attached hydrogens (tertiary/aromatic N) is 1. The second kappa shape index (κ2) is 6.54. The lowest BCUT2D eigenvalue weighted by atomic mass is 9.78. The van der Waals surface area contributed by atoms with Gasteiger partial charge in [-0.2, -0.15) is 0 Å². The summed E-state index contributed by atoms with van der Waals surface area (Å²) in [5.41, 5.74) is 8.33. The average molecular weight is 298 g/mol. The fourth-order valence-electron chi connectivity index (χ4n) is 1.66. The van der Waals surface area contributed by atoms with E-state index in [4.69, 9.17) is 5.73 Å². The van der Waals surface area contributed by atoms with Gasteiger partial charge >= 0.3 is 0 Å². The highest BCUT2D eigenvalue weighted by atomic mass is 35.5. The standard InChI is InChI=1S/C10H15N3OS.2ClH/c1-7-8(15-6-13-7)9(14)12-5-10(11)3-2-4-10;;/h6H,2-5,11H2,1H3,(H,12,14);2*1H. The molecule has 7 heteroatoms. The number of hydrogen-bond donors (Lipinski definition) is 2. The van der Waals surface area contributed by atoms with Gasteiger partial charge in [-0.25, -0.2) is 4.98 Å². The first-order valence-electron chi connectivity index (χ1n) is 5.08. The highest BCUT2D eigenvalue weighted by Gasteiger charge is 2.32. The molecule has 4 nitrogen and oxygen atoms in total. The normalized spacial score (nSPS) is 16.1. The van der Waals surface area contributed by atoms with E-state index >= 15 is 0 Å². The topological polar surface area (TPSA) is 68.0 Å². The van der Waals surface area contributed by atoms with E-state index < -0.39 is 0 Å². The Morgan fingerprint density at radius 1 is 1.59 bits per heavy atom. The Labute approximate surface area is 117 Å². The molecule has 98 valence electrons. The van der Waals surface area contributed by atoms with Gasteiger partial charge in [0, 0.05) is 12.1 Å². The molecule has 0 aromatic carbocycles. The molecule has 17 heavy (non-hydrogen) atoms. The molecule has 0 spiro atoms. The van der Waals surface area contributed by atoms with Gasteiger partial charge in [0.25, 0.3) is 5.91 Å². The van der Waals surface area contributed by atoms with Crippen LogP contribution >= 0.6 is 36.2 Å². The van der Waals surface area contributed by atoms with E-state index in [2.05, 4.69) is 10.3 Å². The lowest BCUT2D eigenvalue weighted by molar-refractivity contribution is 0.0933. The van der Waals surface area contributed by atoms with Crippen LogP contribution in [0.3, 0.4) is 0 Å². The maximum Gasteiger partial charge on any atom is 0.263 e. The Hall–Kier alpha value is -0.360. The van der Waals surface area contributed by atoms with Crippen molar-refractivity contribution in [3.05, 3.63) is 16.1 Å². The van der Waals surface area contributed by atoms with Crippen LogP contribution in [0.15, 0.2) is 5.51 Å². The zero-order valence-corrected chi connectivity index (χ0v) is 12.0. The third-order valence-corrected chi connectivity index (χ3v) is 3.83. The van der Waals surface area contributed by atoms with Crippen molar-refractivity contribution < 1.29 is 4.79 Å². The number of nitrogens with one attached hydrogen (secondary N) is 1. The van der Waals surface area contributed by atoms with Crippen molar-refractivity contribution in [3.63, 3.8) is 0 Å². The van der Waals surface area contributed by atoms with E-state index in [1.165, 1.54) is 17.8 Å². The van der Waals surface area contributed by atoms with Crippen LogP contribution in [0.4, 0.5) is 0 Å². The van der Waals surface area contributed by atoms with Crippen LogP contribution in [-0.2, 0) is 0 Å². The number of carbonyl (C=O) groups is 1. The van der Waals surface area contributed by atoms with Crippen molar-refractivity contribution in [3.8, 4) is 0 Å². The number of amides is 1. The van der Waals surface area contributed by atoms with Crippen LogP contribution in [0, 0.1) is 6.92 Å². The van der Waals surface area contributed by atoms with Gasteiger partial charge in [0.1, 0.15) is 4.88 Å². The molecule has 0 saturated heterocycles. The Kier molecular flexibility index (Phi) is 6.40. The number of nitrogens with two attached hydrogens (primary N) is 1. The van der Waals surface area contributed by atoms with Crippen molar-refractivity contribution in [2.45, 2.75) is 31.7 Å². The van der Waals surface area contributed by atoms with E-state index in [1.807, 2.05) is 6.92 Å². The van der Waals surface area contributed by atoms with E-state index in [0.717, 1.165) is 18.5 Å². The van der Waals surface area contributed by atoms with E-state index in [1.54, 1.807) is 5.51 Å². The van der Waals surface area contributed by atoms with Gasteiger partial charge in [0.15, 0.2) is 0 Å². The molecule has 1 heterocycles. The molecular weight excluding hydrogens is 281 g/mol. The Morgan fingerprint density at radius 2 is 2.24 bits per heavy atom. The van der Waals surface area contributed by atoms with Crippen LogP contribution in [-0.4, -0.2) is 23.0 Å². The molecule has 1 amide bonds. The lowest BCUT2D eigenvalue weighted by Gasteiger charge is -2.38. The van der Waals surface area contributed by atoms with Crippen LogP contribution in [0.1, 0.15) is 34.6 Å². The number of carbonyl (C=O) groups excluding carboxylic acids is 1. The van der Waals surface area contributed by atoms with Gasteiger partial charge in [-0.3, -0.25) is 4.79 Å². The molecule has 1 aliphatic rings. The summed E-state index contributed by atoms with van der Waals surface area (Å²) in [4.78, 5) is 16.5. The van der Waals surface area contributed by atoms with Crippen LogP contribution < -0.4 is 11.1 Å².